The molecule has 0 amide bonds. The molecule has 0 aliphatic carbocycles. The SMILES string of the molecule is C=O.CC(C)c1cccc(O)c1. The van der Waals surface area contributed by atoms with Gasteiger partial charge in [-0.25, -0.2) is 0 Å². The fraction of sp³-hybridized carbons (Fsp3) is 0.300. The second kappa shape index (κ2) is 5.35. The molecule has 1 N–H and O–H groups in total. The highest BCUT2D eigenvalue weighted by molar-refractivity contribution is 5.28. The van der Waals surface area contributed by atoms with Crippen molar-refractivity contribution < 1.29 is 9.90 Å². The van der Waals surface area contributed by atoms with Gasteiger partial charge in [0.2, 0.25) is 0 Å². The van der Waals surface area contributed by atoms with Crippen molar-refractivity contribution in [1.29, 1.82) is 0 Å². The number of phenolic OH excluding ortho intramolecular Hbond substituents is 1. The molecule has 0 saturated heterocycles. The van der Waals surface area contributed by atoms with Crippen LogP contribution < -0.4 is 0 Å². The molecule has 0 aliphatic heterocycles. The smallest absolute Gasteiger partial charge is 0.115 e. The number of benzene rings is 1. The average Bonchev–Trinajstić information content (AvgIpc) is 2.08. The van der Waals surface area contributed by atoms with Crippen LogP contribution in [0.25, 0.3) is 0 Å². The molecule has 0 aliphatic rings. The van der Waals surface area contributed by atoms with E-state index in [9.17, 15) is 0 Å². The van der Waals surface area contributed by atoms with E-state index in [0.29, 0.717) is 11.7 Å². The summed E-state index contributed by atoms with van der Waals surface area (Å²) in [6.07, 6.45) is 0. The van der Waals surface area contributed by atoms with E-state index in [1.165, 1.54) is 5.56 Å². The Hall–Kier alpha value is -1.31. The van der Waals surface area contributed by atoms with Gasteiger partial charge in [-0.3, -0.25) is 0 Å². The third kappa shape index (κ3) is 3.19. The zero-order valence-corrected chi connectivity index (χ0v) is 7.45. The van der Waals surface area contributed by atoms with Crippen LogP contribution in [0.15, 0.2) is 24.3 Å². The van der Waals surface area contributed by atoms with Gasteiger partial charge in [-0.15, -0.1) is 0 Å². The lowest BCUT2D eigenvalue weighted by Crippen LogP contribution is -1.84. The predicted octanol–water partition coefficient (Wildman–Crippen LogP) is 2.33. The van der Waals surface area contributed by atoms with Crippen molar-refractivity contribution in [2.45, 2.75) is 19.8 Å². The molecule has 12 heavy (non-hydrogen) atoms. The summed E-state index contributed by atoms with van der Waals surface area (Å²) >= 11 is 0. The molecule has 0 atom stereocenters. The van der Waals surface area contributed by atoms with E-state index in [-0.39, 0.29) is 0 Å². The summed E-state index contributed by atoms with van der Waals surface area (Å²) in [5.41, 5.74) is 1.18. The molecule has 0 fully saturated rings. The standard InChI is InChI=1S/C9H12O.CH2O/c1-7(2)8-4-3-5-9(10)6-8;1-2/h3-7,10H,1-2H3;1H2. The Labute approximate surface area is 72.9 Å². The lowest BCUT2D eigenvalue weighted by Gasteiger charge is -2.03. The van der Waals surface area contributed by atoms with Crippen molar-refractivity contribution in [3.05, 3.63) is 29.8 Å². The topological polar surface area (TPSA) is 37.3 Å². The van der Waals surface area contributed by atoms with E-state index in [1.807, 2.05) is 18.9 Å². The Morgan fingerprint density at radius 3 is 2.25 bits per heavy atom. The minimum atomic E-state index is 0.353. The number of carbonyl (C=O) groups is 1. The number of hydrogen-bond acceptors (Lipinski definition) is 2. The summed E-state index contributed by atoms with van der Waals surface area (Å²) < 4.78 is 0. The summed E-state index contributed by atoms with van der Waals surface area (Å²) in [5, 5.41) is 9.06. The Morgan fingerprint density at radius 2 is 1.92 bits per heavy atom. The molecule has 0 unspecified atom stereocenters. The predicted molar refractivity (Wildman–Crippen MR) is 49.3 cm³/mol. The van der Waals surface area contributed by atoms with Crippen LogP contribution in [0.4, 0.5) is 0 Å². The van der Waals surface area contributed by atoms with Crippen LogP contribution in [0.1, 0.15) is 25.3 Å². The largest absolute Gasteiger partial charge is 0.508 e. The summed E-state index contributed by atoms with van der Waals surface area (Å²) in [5.74, 6) is 0.846. The number of aromatic hydroxyl groups is 1. The normalized spacial score (nSPS) is 8.92. The zero-order chi connectivity index (χ0) is 9.56. The maximum absolute atomic E-state index is 9.06. The van der Waals surface area contributed by atoms with Crippen LogP contribution in [-0.4, -0.2) is 11.9 Å². The van der Waals surface area contributed by atoms with E-state index in [0.717, 1.165) is 0 Å². The van der Waals surface area contributed by atoms with Crippen LogP contribution in [-0.2, 0) is 4.79 Å². The third-order valence-corrected chi connectivity index (χ3v) is 1.54. The third-order valence-electron chi connectivity index (χ3n) is 1.54. The first-order valence-electron chi connectivity index (χ1n) is 3.78. The molecule has 66 valence electrons. The molecule has 0 saturated carbocycles. The molecular formula is C10H14O2. The second-order valence-electron chi connectivity index (χ2n) is 2.75. The molecule has 2 heteroatoms. The van der Waals surface area contributed by atoms with E-state index in [2.05, 4.69) is 13.8 Å². The van der Waals surface area contributed by atoms with Crippen molar-refractivity contribution >= 4 is 6.79 Å². The van der Waals surface area contributed by atoms with Crippen molar-refractivity contribution in [2.75, 3.05) is 0 Å². The number of carbonyl (C=O) groups excluding carboxylic acids is 1. The van der Waals surface area contributed by atoms with Gasteiger partial charge in [-0.05, 0) is 23.6 Å². The molecule has 0 aromatic heterocycles. The van der Waals surface area contributed by atoms with Gasteiger partial charge in [0.1, 0.15) is 12.5 Å². The molecule has 0 heterocycles. The highest BCUT2D eigenvalue weighted by Crippen LogP contribution is 2.18. The lowest BCUT2D eigenvalue weighted by atomic mass is 10.0. The molecular weight excluding hydrogens is 152 g/mol. The van der Waals surface area contributed by atoms with E-state index in [1.54, 1.807) is 12.1 Å². The fourth-order valence-corrected chi connectivity index (χ4v) is 0.884. The maximum atomic E-state index is 9.06. The minimum Gasteiger partial charge on any atom is -0.508 e. The molecule has 1 aromatic carbocycles. The molecule has 2 nitrogen and oxygen atoms in total. The summed E-state index contributed by atoms with van der Waals surface area (Å²) in [6, 6.07) is 7.37. The second-order valence-corrected chi connectivity index (χ2v) is 2.75. The number of phenols is 1. The highest BCUT2D eigenvalue weighted by atomic mass is 16.3. The van der Waals surface area contributed by atoms with Crippen LogP contribution in [0, 0.1) is 0 Å². The van der Waals surface area contributed by atoms with Gasteiger partial charge in [0.15, 0.2) is 0 Å². The lowest BCUT2D eigenvalue weighted by molar-refractivity contribution is -0.0979. The molecule has 0 bridgehead atoms. The highest BCUT2D eigenvalue weighted by Gasteiger charge is 1.97. The van der Waals surface area contributed by atoms with Gasteiger partial charge < -0.3 is 9.90 Å². The number of hydrogen-bond donors (Lipinski definition) is 1. The Bertz CT molecular complexity index is 231. The molecule has 0 spiro atoms. The fourth-order valence-electron chi connectivity index (χ4n) is 0.884. The van der Waals surface area contributed by atoms with Crippen LogP contribution >= 0.6 is 0 Å². The first kappa shape index (κ1) is 10.7. The van der Waals surface area contributed by atoms with Crippen LogP contribution in [0.5, 0.6) is 5.75 Å². The first-order chi connectivity index (χ1) is 5.70. The summed E-state index contributed by atoms with van der Waals surface area (Å²) in [4.78, 5) is 8.00. The van der Waals surface area contributed by atoms with E-state index in [4.69, 9.17) is 9.90 Å². The minimum absolute atomic E-state index is 0.353. The zero-order valence-electron chi connectivity index (χ0n) is 7.45. The van der Waals surface area contributed by atoms with Gasteiger partial charge in [-0.2, -0.15) is 0 Å². The summed E-state index contributed by atoms with van der Waals surface area (Å²) in [7, 11) is 0. The van der Waals surface area contributed by atoms with Gasteiger partial charge in [-0.1, -0.05) is 26.0 Å². The average molecular weight is 166 g/mol. The van der Waals surface area contributed by atoms with Crippen molar-refractivity contribution in [3.8, 4) is 5.75 Å². The maximum Gasteiger partial charge on any atom is 0.115 e. The van der Waals surface area contributed by atoms with Gasteiger partial charge in [0, 0.05) is 0 Å². The molecule has 1 aromatic rings. The quantitative estimate of drug-likeness (QED) is 0.695. The molecule has 0 radical (unpaired) electrons. The van der Waals surface area contributed by atoms with Crippen molar-refractivity contribution in [3.63, 3.8) is 0 Å². The van der Waals surface area contributed by atoms with Crippen molar-refractivity contribution in [2.24, 2.45) is 0 Å². The number of rotatable bonds is 1. The van der Waals surface area contributed by atoms with Crippen LogP contribution in [0.2, 0.25) is 0 Å². The summed E-state index contributed by atoms with van der Waals surface area (Å²) in [6.45, 7) is 6.21. The van der Waals surface area contributed by atoms with E-state index >= 15 is 0 Å². The monoisotopic (exact) mass is 166 g/mol. The first-order valence-corrected chi connectivity index (χ1v) is 3.78. The Morgan fingerprint density at radius 1 is 1.33 bits per heavy atom. The van der Waals surface area contributed by atoms with Gasteiger partial charge in [0.05, 0.1) is 0 Å². The van der Waals surface area contributed by atoms with Gasteiger partial charge in [0.25, 0.3) is 0 Å². The van der Waals surface area contributed by atoms with Gasteiger partial charge >= 0.3 is 0 Å². The Balaban J connectivity index is 0.000000561. The van der Waals surface area contributed by atoms with Crippen LogP contribution in [0.3, 0.4) is 0 Å². The molecule has 1 rings (SSSR count). The Kier molecular flexibility index (Phi) is 4.77. The van der Waals surface area contributed by atoms with E-state index < -0.39 is 0 Å². The van der Waals surface area contributed by atoms with Crippen molar-refractivity contribution in [1.82, 2.24) is 0 Å².